The van der Waals surface area contributed by atoms with Crippen LogP contribution in [0.15, 0.2) is 24.3 Å². The van der Waals surface area contributed by atoms with Gasteiger partial charge in [0, 0.05) is 11.3 Å². The molecule has 2 aromatic heterocycles. The Bertz CT molecular complexity index is 1040. The molecule has 28 heavy (non-hydrogen) atoms. The van der Waals surface area contributed by atoms with Crippen molar-refractivity contribution in [3.05, 3.63) is 46.4 Å². The van der Waals surface area contributed by atoms with Crippen LogP contribution < -0.4 is 4.74 Å². The molecule has 5 nitrogen and oxygen atoms in total. The fourth-order valence-electron chi connectivity index (χ4n) is 3.29. The maximum atomic E-state index is 10.6. The molecule has 0 spiro atoms. The van der Waals surface area contributed by atoms with Crippen LogP contribution in [0.25, 0.3) is 16.8 Å². The maximum Gasteiger partial charge on any atom is 0.188 e. The number of rotatable bonds is 5. The minimum absolute atomic E-state index is 0.147. The summed E-state index contributed by atoms with van der Waals surface area (Å²) in [5, 5.41) is 4.94. The smallest absolute Gasteiger partial charge is 0.188 e. The predicted octanol–water partition coefficient (Wildman–Crippen LogP) is 5.20. The molecular weight excluding hydrogens is 390 g/mol. The topological polar surface area (TPSA) is 59.7 Å². The molecule has 0 radical (unpaired) electrons. The van der Waals surface area contributed by atoms with E-state index in [2.05, 4.69) is 42.1 Å². The summed E-state index contributed by atoms with van der Waals surface area (Å²) in [5.74, 6) is 0.767. The molecule has 0 atom stereocenters. The van der Waals surface area contributed by atoms with Crippen LogP contribution in [-0.2, 0) is 6.42 Å². The summed E-state index contributed by atoms with van der Waals surface area (Å²) < 4.78 is 7.39. The second kappa shape index (κ2) is 7.17. The van der Waals surface area contributed by atoms with E-state index in [9.17, 15) is 4.80 Å². The molecule has 2 heterocycles. The number of aryl methyl sites for hydroxylation is 2. The molecule has 3 aromatic rings. The number of ether oxygens (including phenoxy) is 1. The third-order valence-corrected chi connectivity index (χ3v) is 9.44. The van der Waals surface area contributed by atoms with Crippen LogP contribution in [0.3, 0.4) is 0 Å². The van der Waals surface area contributed by atoms with Crippen LogP contribution in [0.1, 0.15) is 30.8 Å². The van der Waals surface area contributed by atoms with Gasteiger partial charge in [-0.15, -0.1) is 0 Å². The number of benzene rings is 1. The van der Waals surface area contributed by atoms with Crippen molar-refractivity contribution in [2.75, 3.05) is 7.11 Å². The molecule has 0 unspecified atom stereocenters. The van der Waals surface area contributed by atoms with Gasteiger partial charge in [0.2, 0.25) is 0 Å². The van der Waals surface area contributed by atoms with Crippen molar-refractivity contribution < 1.29 is 9.53 Å². The first-order valence-corrected chi connectivity index (χ1v) is 12.7. The molecule has 1 N–H and O–H groups in total. The summed E-state index contributed by atoms with van der Waals surface area (Å²) in [7, 11) is -0.627. The Balaban J connectivity index is 2.12. The second-order valence-corrected chi connectivity index (χ2v) is 13.4. The lowest BCUT2D eigenvalue weighted by atomic mass is 9.97. The van der Waals surface area contributed by atoms with Gasteiger partial charge in [-0.2, -0.15) is 5.10 Å². The Hall–Kier alpha value is -1.89. The lowest BCUT2D eigenvalue weighted by Gasteiger charge is -2.35. The fourth-order valence-corrected chi connectivity index (χ4v) is 4.21. The molecule has 0 saturated heterocycles. The Kier molecular flexibility index (Phi) is 5.34. The van der Waals surface area contributed by atoms with E-state index in [1.165, 1.54) is 0 Å². The Morgan fingerprint density at radius 1 is 1.21 bits per heavy atom. The van der Waals surface area contributed by atoms with Crippen molar-refractivity contribution in [1.82, 2.24) is 14.6 Å². The highest BCUT2D eigenvalue weighted by Gasteiger charge is 2.38. The number of fused-ring (bicyclic) bond motifs is 1. The SMILES string of the molecule is COc1cc(CC(C)(C)[Si](C)(C)O)ccc1-c1c(C)nn2c(Cl)cc(C)nc12. The van der Waals surface area contributed by atoms with Crippen LogP contribution in [-0.4, -0.2) is 34.8 Å². The number of halogens is 1. The van der Waals surface area contributed by atoms with E-state index < -0.39 is 8.32 Å². The highest BCUT2D eigenvalue weighted by atomic mass is 35.5. The molecule has 1 aromatic carbocycles. The second-order valence-electron chi connectivity index (χ2n) is 8.57. The minimum Gasteiger partial charge on any atom is -0.496 e. The Morgan fingerprint density at radius 3 is 2.50 bits per heavy atom. The van der Waals surface area contributed by atoms with E-state index in [4.69, 9.17) is 16.3 Å². The number of aromatic nitrogens is 3. The molecule has 0 aliphatic carbocycles. The zero-order valence-electron chi connectivity index (χ0n) is 17.6. The average molecular weight is 418 g/mol. The molecule has 0 saturated carbocycles. The van der Waals surface area contributed by atoms with Crippen molar-refractivity contribution >= 4 is 25.6 Å². The van der Waals surface area contributed by atoms with Gasteiger partial charge >= 0.3 is 0 Å². The van der Waals surface area contributed by atoms with E-state index in [1.54, 1.807) is 17.7 Å². The largest absolute Gasteiger partial charge is 0.496 e. The number of hydrogen-bond acceptors (Lipinski definition) is 4. The van der Waals surface area contributed by atoms with Gasteiger partial charge in [-0.05, 0) is 56.1 Å². The lowest BCUT2D eigenvalue weighted by molar-refractivity contribution is 0.415. The van der Waals surface area contributed by atoms with Crippen molar-refractivity contribution in [2.24, 2.45) is 0 Å². The van der Waals surface area contributed by atoms with Gasteiger partial charge in [-0.1, -0.05) is 37.6 Å². The van der Waals surface area contributed by atoms with Gasteiger partial charge in [0.1, 0.15) is 10.9 Å². The highest BCUT2D eigenvalue weighted by Crippen LogP contribution is 2.41. The molecule has 0 fully saturated rings. The number of nitrogens with zero attached hydrogens (tertiary/aromatic N) is 3. The summed E-state index contributed by atoms with van der Waals surface area (Å²) in [6, 6.07) is 8.00. The van der Waals surface area contributed by atoms with Crippen molar-refractivity contribution in [3.8, 4) is 16.9 Å². The Morgan fingerprint density at radius 2 is 1.89 bits per heavy atom. The zero-order valence-corrected chi connectivity index (χ0v) is 19.3. The number of hydrogen-bond donors (Lipinski definition) is 1. The first-order chi connectivity index (χ1) is 12.9. The molecule has 150 valence electrons. The minimum atomic E-state index is -2.30. The Labute approximate surface area is 172 Å². The molecule has 0 aliphatic heterocycles. The van der Waals surface area contributed by atoms with E-state index in [1.807, 2.05) is 26.9 Å². The highest BCUT2D eigenvalue weighted by molar-refractivity contribution is 6.72. The van der Waals surface area contributed by atoms with Gasteiger partial charge in [0.25, 0.3) is 0 Å². The van der Waals surface area contributed by atoms with Gasteiger partial charge in [-0.3, -0.25) is 0 Å². The van der Waals surface area contributed by atoms with E-state index in [-0.39, 0.29) is 5.04 Å². The van der Waals surface area contributed by atoms with Crippen LogP contribution >= 0.6 is 11.6 Å². The van der Waals surface area contributed by atoms with Crippen LogP contribution in [0, 0.1) is 13.8 Å². The standard InChI is InChI=1S/C21H28ClN3O2Si/c1-13-10-18(22)25-20(23-13)19(14(2)24-25)16-9-8-15(11-17(16)27-5)12-21(3,4)28(6,7)26/h8-11,26H,12H2,1-7H3. The molecular formula is C21H28ClN3O2Si. The van der Waals surface area contributed by atoms with Crippen molar-refractivity contribution in [1.29, 1.82) is 0 Å². The van der Waals surface area contributed by atoms with E-state index in [0.717, 1.165) is 45.9 Å². The van der Waals surface area contributed by atoms with E-state index >= 15 is 0 Å². The third-order valence-electron chi connectivity index (χ3n) is 5.69. The third kappa shape index (κ3) is 3.68. The van der Waals surface area contributed by atoms with Gasteiger partial charge in [0.05, 0.1) is 18.4 Å². The van der Waals surface area contributed by atoms with Crippen LogP contribution in [0.5, 0.6) is 5.75 Å². The summed E-state index contributed by atoms with van der Waals surface area (Å²) in [4.78, 5) is 15.3. The average Bonchev–Trinajstić information content (AvgIpc) is 2.90. The first kappa shape index (κ1) is 20.8. The normalized spacial score (nSPS) is 12.6. The van der Waals surface area contributed by atoms with E-state index in [0.29, 0.717) is 5.15 Å². The maximum absolute atomic E-state index is 10.6. The first-order valence-electron chi connectivity index (χ1n) is 9.37. The summed E-state index contributed by atoms with van der Waals surface area (Å²) >= 11 is 6.36. The molecule has 3 rings (SSSR count). The monoisotopic (exact) mass is 417 g/mol. The van der Waals surface area contributed by atoms with Gasteiger partial charge in [0.15, 0.2) is 14.0 Å². The number of methoxy groups -OCH3 is 1. The van der Waals surface area contributed by atoms with Crippen LogP contribution in [0.2, 0.25) is 23.3 Å². The zero-order chi connectivity index (χ0) is 20.9. The van der Waals surface area contributed by atoms with Crippen LogP contribution in [0.4, 0.5) is 0 Å². The quantitative estimate of drug-likeness (QED) is 0.458. The summed E-state index contributed by atoms with van der Waals surface area (Å²) in [6.07, 6.45) is 0.788. The lowest BCUT2D eigenvalue weighted by Crippen LogP contribution is -2.40. The van der Waals surface area contributed by atoms with Crippen molar-refractivity contribution in [3.63, 3.8) is 0 Å². The molecule has 0 aliphatic rings. The molecule has 0 bridgehead atoms. The van der Waals surface area contributed by atoms with Gasteiger partial charge in [-0.25, -0.2) is 9.50 Å². The molecule has 0 amide bonds. The molecule has 7 heteroatoms. The summed E-state index contributed by atoms with van der Waals surface area (Å²) in [6.45, 7) is 12.1. The predicted molar refractivity (Wildman–Crippen MR) is 117 cm³/mol. The van der Waals surface area contributed by atoms with Crippen molar-refractivity contribution in [2.45, 2.75) is 52.2 Å². The summed E-state index contributed by atoms with van der Waals surface area (Å²) in [5.41, 5.74) is 5.40. The van der Waals surface area contributed by atoms with Gasteiger partial charge < -0.3 is 9.53 Å². The fraction of sp³-hybridized carbons (Fsp3) is 0.429.